The summed E-state index contributed by atoms with van der Waals surface area (Å²) in [6.07, 6.45) is 0.445. The zero-order valence-corrected chi connectivity index (χ0v) is 13.0. The maximum atomic E-state index is 11.5. The lowest BCUT2D eigenvalue weighted by molar-refractivity contribution is -0.121. The van der Waals surface area contributed by atoms with Crippen LogP contribution in [0.3, 0.4) is 0 Å². The molecule has 0 heterocycles. The van der Waals surface area contributed by atoms with Crippen molar-refractivity contribution in [3.05, 3.63) is 33.8 Å². The molecule has 0 saturated heterocycles. The second kappa shape index (κ2) is 7.73. The summed E-state index contributed by atoms with van der Waals surface area (Å²) in [5.74, 6) is 0.0480. The van der Waals surface area contributed by atoms with E-state index in [9.17, 15) is 4.79 Å². The molecule has 1 aromatic carbocycles. The van der Waals surface area contributed by atoms with Crippen molar-refractivity contribution < 1.29 is 4.79 Å². The number of hydrogen-bond donors (Lipinski definition) is 2. The molecule has 106 valence electrons. The molecule has 0 aliphatic carbocycles. The normalized spacial score (nSPS) is 12.5. The number of amides is 1. The number of nitrogens with one attached hydrogen (secondary N) is 2. The minimum atomic E-state index is 0.0480. The highest BCUT2D eigenvalue weighted by molar-refractivity contribution is 6.42. The first-order valence-electron chi connectivity index (χ1n) is 6.38. The second-order valence-corrected chi connectivity index (χ2v) is 5.58. The average Bonchev–Trinajstić information content (AvgIpc) is 2.31. The number of halogens is 2. The topological polar surface area (TPSA) is 41.1 Å². The van der Waals surface area contributed by atoms with E-state index in [2.05, 4.69) is 10.6 Å². The molecule has 3 nitrogen and oxygen atoms in total. The Hall–Kier alpha value is -0.770. The van der Waals surface area contributed by atoms with Crippen LogP contribution in [0.1, 0.15) is 38.8 Å². The van der Waals surface area contributed by atoms with Gasteiger partial charge in [0.15, 0.2) is 0 Å². The third-order valence-electron chi connectivity index (χ3n) is 2.70. The summed E-state index contributed by atoms with van der Waals surface area (Å²) in [5, 5.41) is 7.23. The Bertz CT molecular complexity index is 435. The van der Waals surface area contributed by atoms with Gasteiger partial charge in [-0.1, -0.05) is 35.3 Å². The molecule has 0 bridgehead atoms. The van der Waals surface area contributed by atoms with Gasteiger partial charge >= 0.3 is 0 Å². The highest BCUT2D eigenvalue weighted by Gasteiger charge is 2.11. The first-order chi connectivity index (χ1) is 8.91. The van der Waals surface area contributed by atoms with Crippen molar-refractivity contribution in [1.82, 2.24) is 10.6 Å². The lowest BCUT2D eigenvalue weighted by atomic mass is 10.1. The Morgan fingerprint density at radius 1 is 1.26 bits per heavy atom. The van der Waals surface area contributed by atoms with Crippen LogP contribution >= 0.6 is 23.2 Å². The molecule has 1 rings (SSSR count). The maximum Gasteiger partial charge on any atom is 0.221 e. The SMILES string of the molecule is CC(C)NC(=O)CCNC(C)c1cccc(Cl)c1Cl. The smallest absolute Gasteiger partial charge is 0.221 e. The van der Waals surface area contributed by atoms with Crippen LogP contribution in [0.5, 0.6) is 0 Å². The van der Waals surface area contributed by atoms with E-state index in [0.29, 0.717) is 23.0 Å². The van der Waals surface area contributed by atoms with Gasteiger partial charge in [0.05, 0.1) is 10.0 Å². The lowest BCUT2D eigenvalue weighted by Gasteiger charge is -2.16. The van der Waals surface area contributed by atoms with E-state index in [0.717, 1.165) is 5.56 Å². The van der Waals surface area contributed by atoms with Gasteiger partial charge in [0.2, 0.25) is 5.91 Å². The molecule has 19 heavy (non-hydrogen) atoms. The van der Waals surface area contributed by atoms with Crippen molar-refractivity contribution in [2.45, 2.75) is 39.3 Å². The first-order valence-corrected chi connectivity index (χ1v) is 7.14. The molecule has 0 aromatic heterocycles. The van der Waals surface area contributed by atoms with Crippen molar-refractivity contribution >= 4 is 29.1 Å². The summed E-state index contributed by atoms with van der Waals surface area (Å²) >= 11 is 12.1. The van der Waals surface area contributed by atoms with Gasteiger partial charge in [-0.3, -0.25) is 4.79 Å². The molecule has 1 aromatic rings. The molecule has 5 heteroatoms. The largest absolute Gasteiger partial charge is 0.354 e. The van der Waals surface area contributed by atoms with E-state index in [1.165, 1.54) is 0 Å². The van der Waals surface area contributed by atoms with E-state index < -0.39 is 0 Å². The van der Waals surface area contributed by atoms with Gasteiger partial charge < -0.3 is 10.6 Å². The first kappa shape index (κ1) is 16.3. The average molecular weight is 303 g/mol. The molecule has 0 saturated carbocycles. The Morgan fingerprint density at radius 3 is 2.58 bits per heavy atom. The predicted molar refractivity (Wildman–Crippen MR) is 80.8 cm³/mol. The van der Waals surface area contributed by atoms with Crippen LogP contribution in [0.4, 0.5) is 0 Å². The molecule has 0 spiro atoms. The van der Waals surface area contributed by atoms with E-state index in [1.54, 1.807) is 6.07 Å². The van der Waals surface area contributed by atoms with Gasteiger partial charge in [0.25, 0.3) is 0 Å². The van der Waals surface area contributed by atoms with Gasteiger partial charge in [-0.05, 0) is 32.4 Å². The van der Waals surface area contributed by atoms with Gasteiger partial charge in [-0.25, -0.2) is 0 Å². The summed E-state index contributed by atoms with van der Waals surface area (Å²) in [4.78, 5) is 11.5. The van der Waals surface area contributed by atoms with Crippen LogP contribution in [0.25, 0.3) is 0 Å². The molecule has 0 aliphatic rings. The summed E-state index contributed by atoms with van der Waals surface area (Å²) in [5.41, 5.74) is 0.943. The number of rotatable bonds is 6. The van der Waals surface area contributed by atoms with Gasteiger partial charge in [0, 0.05) is 25.0 Å². The van der Waals surface area contributed by atoms with Crippen LogP contribution in [0, 0.1) is 0 Å². The van der Waals surface area contributed by atoms with Crippen LogP contribution in [-0.2, 0) is 4.79 Å². The van der Waals surface area contributed by atoms with Crippen LogP contribution in [-0.4, -0.2) is 18.5 Å². The van der Waals surface area contributed by atoms with E-state index >= 15 is 0 Å². The van der Waals surface area contributed by atoms with Gasteiger partial charge in [0.1, 0.15) is 0 Å². The number of benzene rings is 1. The van der Waals surface area contributed by atoms with E-state index in [-0.39, 0.29) is 18.0 Å². The molecule has 1 amide bonds. The minimum Gasteiger partial charge on any atom is -0.354 e. The number of carbonyl (C=O) groups excluding carboxylic acids is 1. The van der Waals surface area contributed by atoms with Crippen molar-refractivity contribution in [3.63, 3.8) is 0 Å². The number of hydrogen-bond acceptors (Lipinski definition) is 2. The molecule has 2 N–H and O–H groups in total. The fourth-order valence-corrected chi connectivity index (χ4v) is 2.23. The number of carbonyl (C=O) groups is 1. The Labute approximate surface area is 124 Å². The highest BCUT2D eigenvalue weighted by atomic mass is 35.5. The lowest BCUT2D eigenvalue weighted by Crippen LogP contribution is -2.33. The van der Waals surface area contributed by atoms with E-state index in [4.69, 9.17) is 23.2 Å². The standard InChI is InChI=1S/C14H20Cl2N2O/c1-9(2)18-13(19)7-8-17-10(3)11-5-4-6-12(15)14(11)16/h4-6,9-10,17H,7-8H2,1-3H3,(H,18,19). The van der Waals surface area contributed by atoms with Crippen molar-refractivity contribution in [2.24, 2.45) is 0 Å². The minimum absolute atomic E-state index is 0.0480. The Morgan fingerprint density at radius 2 is 1.95 bits per heavy atom. The highest BCUT2D eigenvalue weighted by Crippen LogP contribution is 2.29. The van der Waals surface area contributed by atoms with Gasteiger partial charge in [-0.15, -0.1) is 0 Å². The van der Waals surface area contributed by atoms with Crippen LogP contribution in [0.15, 0.2) is 18.2 Å². The molecule has 0 radical (unpaired) electrons. The predicted octanol–water partition coefficient (Wildman–Crippen LogP) is 3.56. The Kier molecular flexibility index (Phi) is 6.63. The van der Waals surface area contributed by atoms with Crippen molar-refractivity contribution in [3.8, 4) is 0 Å². The third kappa shape index (κ3) is 5.39. The van der Waals surface area contributed by atoms with Crippen LogP contribution < -0.4 is 10.6 Å². The summed E-state index contributed by atoms with van der Waals surface area (Å²) < 4.78 is 0. The molecule has 1 atom stereocenters. The van der Waals surface area contributed by atoms with Gasteiger partial charge in [-0.2, -0.15) is 0 Å². The summed E-state index contributed by atoms with van der Waals surface area (Å²) in [7, 11) is 0. The quantitative estimate of drug-likeness (QED) is 0.843. The molecular weight excluding hydrogens is 283 g/mol. The molecular formula is C14H20Cl2N2O. The molecule has 0 fully saturated rings. The fourth-order valence-electron chi connectivity index (χ4n) is 1.76. The molecule has 0 aliphatic heterocycles. The fraction of sp³-hybridized carbons (Fsp3) is 0.500. The van der Waals surface area contributed by atoms with Crippen molar-refractivity contribution in [2.75, 3.05) is 6.54 Å². The summed E-state index contributed by atoms with van der Waals surface area (Å²) in [6.45, 7) is 6.49. The maximum absolute atomic E-state index is 11.5. The zero-order chi connectivity index (χ0) is 14.4. The third-order valence-corrected chi connectivity index (χ3v) is 3.53. The molecule has 1 unspecified atom stereocenters. The van der Waals surface area contributed by atoms with E-state index in [1.807, 2.05) is 32.9 Å². The summed E-state index contributed by atoms with van der Waals surface area (Å²) in [6, 6.07) is 5.79. The monoisotopic (exact) mass is 302 g/mol. The second-order valence-electron chi connectivity index (χ2n) is 4.79. The van der Waals surface area contributed by atoms with Crippen molar-refractivity contribution in [1.29, 1.82) is 0 Å². The Balaban J connectivity index is 2.45. The van der Waals surface area contributed by atoms with Crippen LogP contribution in [0.2, 0.25) is 10.0 Å². The zero-order valence-electron chi connectivity index (χ0n) is 11.5.